The molecule has 1 aliphatic rings. The maximum absolute atomic E-state index is 6.02. The Bertz CT molecular complexity index is 1310. The summed E-state index contributed by atoms with van der Waals surface area (Å²) in [4.78, 5) is 14.7. The summed E-state index contributed by atoms with van der Waals surface area (Å²) in [6, 6.07) is 16.1. The molecule has 8 heteroatoms. The van der Waals surface area contributed by atoms with E-state index in [-0.39, 0.29) is 0 Å². The van der Waals surface area contributed by atoms with Gasteiger partial charge in [-0.05, 0) is 55.8 Å². The van der Waals surface area contributed by atoms with Crippen molar-refractivity contribution in [2.24, 2.45) is 5.10 Å². The van der Waals surface area contributed by atoms with Crippen LogP contribution in [0.4, 0.5) is 11.4 Å². The lowest BCUT2D eigenvalue weighted by molar-refractivity contribution is 0.122. The highest BCUT2D eigenvalue weighted by atomic mass is 16.5. The van der Waals surface area contributed by atoms with Crippen molar-refractivity contribution in [2.45, 2.75) is 20.3 Å². The summed E-state index contributed by atoms with van der Waals surface area (Å²) in [6.45, 7) is 7.80. The van der Waals surface area contributed by atoms with Crippen LogP contribution in [0.25, 0.3) is 10.9 Å². The van der Waals surface area contributed by atoms with Gasteiger partial charge in [-0.1, -0.05) is 6.07 Å². The Morgan fingerprint density at radius 2 is 2.03 bits per heavy atom. The fourth-order valence-electron chi connectivity index (χ4n) is 4.17. The molecule has 0 spiro atoms. The second-order valence-electron chi connectivity index (χ2n) is 8.61. The smallest absolute Gasteiger partial charge is 0.215 e. The van der Waals surface area contributed by atoms with E-state index in [1.807, 2.05) is 36.4 Å². The van der Waals surface area contributed by atoms with Crippen LogP contribution in [0.2, 0.25) is 0 Å². The number of benzene rings is 1. The third-order valence-corrected chi connectivity index (χ3v) is 6.22. The van der Waals surface area contributed by atoms with Crippen LogP contribution in [-0.2, 0) is 11.2 Å². The number of morpholine rings is 1. The summed E-state index contributed by atoms with van der Waals surface area (Å²) in [7, 11) is 0. The molecule has 0 radical (unpaired) electrons. The molecule has 0 unspecified atom stereocenters. The van der Waals surface area contributed by atoms with Crippen molar-refractivity contribution in [1.29, 1.82) is 0 Å². The maximum Gasteiger partial charge on any atom is 0.215 e. The Kier molecular flexibility index (Phi) is 6.90. The molecule has 0 amide bonds. The molecular weight excluding hydrogens is 440 g/mol. The van der Waals surface area contributed by atoms with Gasteiger partial charge >= 0.3 is 0 Å². The number of nitrogens with zero attached hydrogens (tertiary/aromatic N) is 4. The Hall–Kier alpha value is -3.91. The molecule has 1 saturated heterocycles. The predicted molar refractivity (Wildman–Crippen MR) is 140 cm³/mol. The van der Waals surface area contributed by atoms with Gasteiger partial charge in [-0.15, -0.1) is 0 Å². The molecule has 0 aliphatic carbocycles. The number of fused-ring (bicyclic) bond motifs is 1. The second-order valence-corrected chi connectivity index (χ2v) is 8.61. The van der Waals surface area contributed by atoms with Crippen LogP contribution < -0.4 is 15.1 Å². The zero-order valence-corrected chi connectivity index (χ0v) is 20.1. The fourth-order valence-corrected chi connectivity index (χ4v) is 4.17. The molecule has 35 heavy (non-hydrogen) atoms. The first-order chi connectivity index (χ1) is 17.2. The van der Waals surface area contributed by atoms with Gasteiger partial charge in [0.2, 0.25) is 5.88 Å². The summed E-state index contributed by atoms with van der Waals surface area (Å²) >= 11 is 0. The van der Waals surface area contributed by atoms with Crippen molar-refractivity contribution in [3.8, 4) is 5.88 Å². The summed E-state index contributed by atoms with van der Waals surface area (Å²) in [5.41, 5.74) is 10.4. The van der Waals surface area contributed by atoms with E-state index in [0.29, 0.717) is 25.7 Å². The van der Waals surface area contributed by atoms with Crippen molar-refractivity contribution < 1.29 is 9.47 Å². The molecule has 0 bridgehead atoms. The lowest BCUT2D eigenvalue weighted by Gasteiger charge is -2.29. The van der Waals surface area contributed by atoms with E-state index < -0.39 is 0 Å². The van der Waals surface area contributed by atoms with Crippen LogP contribution in [0, 0.1) is 13.8 Å². The van der Waals surface area contributed by atoms with Gasteiger partial charge < -0.3 is 19.4 Å². The zero-order valence-electron chi connectivity index (χ0n) is 20.1. The number of aromatic nitrogens is 3. The average molecular weight is 471 g/mol. The number of anilines is 2. The number of rotatable bonds is 8. The van der Waals surface area contributed by atoms with Gasteiger partial charge in [-0.2, -0.15) is 5.10 Å². The van der Waals surface area contributed by atoms with E-state index in [1.54, 1.807) is 12.4 Å². The molecule has 180 valence electrons. The molecule has 8 nitrogen and oxygen atoms in total. The molecule has 3 aromatic heterocycles. The van der Waals surface area contributed by atoms with Crippen LogP contribution in [0.1, 0.15) is 22.6 Å². The molecule has 0 saturated carbocycles. The number of hydrogen-bond donors (Lipinski definition) is 2. The van der Waals surface area contributed by atoms with E-state index in [0.717, 1.165) is 47.8 Å². The monoisotopic (exact) mass is 470 g/mol. The lowest BCUT2D eigenvalue weighted by atomic mass is 10.1. The van der Waals surface area contributed by atoms with Crippen molar-refractivity contribution in [3.63, 3.8) is 0 Å². The van der Waals surface area contributed by atoms with E-state index in [2.05, 4.69) is 56.4 Å². The highest BCUT2D eigenvalue weighted by Crippen LogP contribution is 2.25. The van der Waals surface area contributed by atoms with Gasteiger partial charge in [0.05, 0.1) is 37.4 Å². The Balaban J connectivity index is 1.32. The normalized spacial score (nSPS) is 14.1. The van der Waals surface area contributed by atoms with Crippen LogP contribution in [-0.4, -0.2) is 54.1 Å². The summed E-state index contributed by atoms with van der Waals surface area (Å²) in [6.07, 6.45) is 4.25. The van der Waals surface area contributed by atoms with Crippen molar-refractivity contribution in [3.05, 3.63) is 77.4 Å². The van der Waals surface area contributed by atoms with E-state index in [1.165, 1.54) is 16.6 Å². The molecular formula is C27H30N6O2. The number of H-pyrrole nitrogens is 1. The first kappa shape index (κ1) is 22.9. The summed E-state index contributed by atoms with van der Waals surface area (Å²) in [5.74, 6) is 0.575. The fraction of sp³-hybridized carbons (Fsp3) is 0.296. The van der Waals surface area contributed by atoms with Gasteiger partial charge in [0.15, 0.2) is 0 Å². The van der Waals surface area contributed by atoms with Gasteiger partial charge in [-0.25, -0.2) is 4.98 Å². The number of nitrogens with one attached hydrogen (secondary N) is 2. The standard InChI is InChI=1S/C27H30N6O2/c1-19-20(2)30-26-7-6-22(16-25(19)26)32-29-18-23-15-24(33-10-13-34-14-11-33)17-27(31-23)35-12-8-21-5-3-4-9-28-21/h3-7,9,15-18,30,32H,8,10-14H2,1-2H3/b29-18+. The van der Waals surface area contributed by atoms with Crippen molar-refractivity contribution in [1.82, 2.24) is 15.0 Å². The quantitative estimate of drug-likeness (QED) is 0.292. The number of hydrogen-bond acceptors (Lipinski definition) is 7. The largest absolute Gasteiger partial charge is 0.477 e. The number of aryl methyl sites for hydroxylation is 2. The molecule has 1 fully saturated rings. The zero-order chi connectivity index (χ0) is 24.0. The SMILES string of the molecule is Cc1[nH]c2ccc(N/N=C/c3cc(N4CCOCC4)cc(OCCc4ccccn4)n3)cc2c1C. The topological polar surface area (TPSA) is 87.7 Å². The highest BCUT2D eigenvalue weighted by Gasteiger charge is 2.14. The second kappa shape index (κ2) is 10.6. The van der Waals surface area contributed by atoms with E-state index in [9.17, 15) is 0 Å². The lowest BCUT2D eigenvalue weighted by Crippen LogP contribution is -2.36. The number of ether oxygens (including phenoxy) is 2. The van der Waals surface area contributed by atoms with Crippen molar-refractivity contribution >= 4 is 28.5 Å². The maximum atomic E-state index is 6.02. The minimum absolute atomic E-state index is 0.501. The van der Waals surface area contributed by atoms with Crippen molar-refractivity contribution in [2.75, 3.05) is 43.2 Å². The molecule has 4 heterocycles. The van der Waals surface area contributed by atoms with E-state index >= 15 is 0 Å². The first-order valence-corrected chi connectivity index (χ1v) is 11.9. The Morgan fingerprint density at radius 3 is 2.86 bits per heavy atom. The first-order valence-electron chi connectivity index (χ1n) is 11.9. The Morgan fingerprint density at radius 1 is 1.14 bits per heavy atom. The van der Waals surface area contributed by atoms with Crippen LogP contribution in [0.5, 0.6) is 5.88 Å². The van der Waals surface area contributed by atoms with Crippen LogP contribution in [0.3, 0.4) is 0 Å². The van der Waals surface area contributed by atoms with Crippen LogP contribution >= 0.6 is 0 Å². The molecule has 1 aliphatic heterocycles. The average Bonchev–Trinajstić information content (AvgIpc) is 3.18. The minimum Gasteiger partial charge on any atom is -0.477 e. The highest BCUT2D eigenvalue weighted by molar-refractivity contribution is 5.87. The van der Waals surface area contributed by atoms with Gasteiger partial charge in [0, 0.05) is 59.8 Å². The molecule has 1 aromatic carbocycles. The molecule has 2 N–H and O–H groups in total. The van der Waals surface area contributed by atoms with Gasteiger partial charge in [0.25, 0.3) is 0 Å². The van der Waals surface area contributed by atoms with E-state index in [4.69, 9.17) is 9.47 Å². The Labute approximate surface area is 205 Å². The third-order valence-electron chi connectivity index (χ3n) is 6.22. The third kappa shape index (κ3) is 5.60. The summed E-state index contributed by atoms with van der Waals surface area (Å²) in [5, 5.41) is 5.65. The molecule has 5 rings (SSSR count). The molecule has 0 atom stereocenters. The van der Waals surface area contributed by atoms with Gasteiger partial charge in [0.1, 0.15) is 0 Å². The minimum atomic E-state index is 0.501. The van der Waals surface area contributed by atoms with Gasteiger partial charge in [-0.3, -0.25) is 10.4 Å². The number of pyridine rings is 2. The summed E-state index contributed by atoms with van der Waals surface area (Å²) < 4.78 is 11.5. The van der Waals surface area contributed by atoms with Crippen LogP contribution in [0.15, 0.2) is 59.8 Å². The number of hydrazone groups is 1. The predicted octanol–water partition coefficient (Wildman–Crippen LogP) is 4.48. The molecule has 4 aromatic rings. The number of aromatic amines is 1.